The summed E-state index contributed by atoms with van der Waals surface area (Å²) < 4.78 is 6.55. The van der Waals surface area contributed by atoms with Crippen molar-refractivity contribution in [3.63, 3.8) is 0 Å². The van der Waals surface area contributed by atoms with Crippen LogP contribution in [-0.2, 0) is 11.3 Å². The second-order valence-electron chi connectivity index (χ2n) is 4.92. The molecule has 0 unspecified atom stereocenters. The Kier molecular flexibility index (Phi) is 4.01. The smallest absolute Gasteiger partial charge is 0.356 e. The average molecular weight is 292 g/mol. The van der Waals surface area contributed by atoms with Crippen molar-refractivity contribution in [3.8, 4) is 11.3 Å². The number of nitrogens with zero attached hydrogens (tertiary/aromatic N) is 2. The summed E-state index contributed by atoms with van der Waals surface area (Å²) >= 11 is 0. The second kappa shape index (κ2) is 6.26. The van der Waals surface area contributed by atoms with Crippen molar-refractivity contribution in [2.45, 2.75) is 6.54 Å². The molecule has 22 heavy (non-hydrogen) atoms. The van der Waals surface area contributed by atoms with Crippen LogP contribution in [0.2, 0.25) is 0 Å². The largest absolute Gasteiger partial charge is 0.464 e. The van der Waals surface area contributed by atoms with E-state index in [-0.39, 0.29) is 5.97 Å². The lowest BCUT2D eigenvalue weighted by Crippen LogP contribution is -2.12. The first kappa shape index (κ1) is 14.1. The Hall–Kier alpha value is -2.88. The third-order valence-electron chi connectivity index (χ3n) is 3.42. The minimum absolute atomic E-state index is 0.384. The summed E-state index contributed by atoms with van der Waals surface area (Å²) in [6.07, 6.45) is 0. The van der Waals surface area contributed by atoms with Crippen LogP contribution in [-0.4, -0.2) is 22.9 Å². The Balaban J connectivity index is 2.00. The van der Waals surface area contributed by atoms with Crippen LogP contribution in [0.4, 0.5) is 0 Å². The number of carbonyl (C=O) groups excluding carboxylic acids is 1. The van der Waals surface area contributed by atoms with E-state index in [1.54, 1.807) is 10.7 Å². The first-order valence-corrected chi connectivity index (χ1v) is 7.03. The predicted octanol–water partition coefficient (Wildman–Crippen LogP) is 3.39. The zero-order valence-electron chi connectivity index (χ0n) is 12.3. The molecule has 0 radical (unpaired) electrons. The van der Waals surface area contributed by atoms with Gasteiger partial charge in [0.2, 0.25) is 0 Å². The number of benzene rings is 2. The zero-order valence-corrected chi connectivity index (χ0v) is 12.3. The summed E-state index contributed by atoms with van der Waals surface area (Å²) in [5.41, 5.74) is 3.26. The molecule has 0 saturated carbocycles. The molecule has 0 aliphatic rings. The SMILES string of the molecule is COC(=O)c1cc(-c2ccccc2)nn1Cc1ccccc1. The zero-order chi connectivity index (χ0) is 15.4. The van der Waals surface area contributed by atoms with Gasteiger partial charge in [-0.1, -0.05) is 60.7 Å². The minimum atomic E-state index is -0.384. The van der Waals surface area contributed by atoms with Crippen molar-refractivity contribution in [2.24, 2.45) is 0 Å². The van der Waals surface area contributed by atoms with Crippen molar-refractivity contribution >= 4 is 5.97 Å². The van der Waals surface area contributed by atoms with Crippen molar-refractivity contribution in [2.75, 3.05) is 7.11 Å². The molecule has 3 rings (SSSR count). The number of ether oxygens (including phenoxy) is 1. The summed E-state index contributed by atoms with van der Waals surface area (Å²) in [4.78, 5) is 12.0. The Morgan fingerprint density at radius 1 is 1.05 bits per heavy atom. The van der Waals surface area contributed by atoms with Crippen LogP contribution in [0.1, 0.15) is 16.1 Å². The van der Waals surface area contributed by atoms with E-state index in [1.165, 1.54) is 7.11 Å². The number of aromatic nitrogens is 2. The van der Waals surface area contributed by atoms with E-state index in [0.717, 1.165) is 16.8 Å². The van der Waals surface area contributed by atoms with Crippen molar-refractivity contribution in [3.05, 3.63) is 78.0 Å². The summed E-state index contributed by atoms with van der Waals surface area (Å²) in [6, 6.07) is 21.5. The van der Waals surface area contributed by atoms with Gasteiger partial charge in [-0.05, 0) is 11.6 Å². The molecule has 0 bridgehead atoms. The molecule has 110 valence electrons. The van der Waals surface area contributed by atoms with Gasteiger partial charge in [0, 0.05) is 5.56 Å². The lowest BCUT2D eigenvalue weighted by Gasteiger charge is -2.05. The molecule has 0 spiro atoms. The molecule has 0 saturated heterocycles. The lowest BCUT2D eigenvalue weighted by molar-refractivity contribution is 0.0587. The van der Waals surface area contributed by atoms with E-state index in [1.807, 2.05) is 60.7 Å². The first-order valence-electron chi connectivity index (χ1n) is 7.03. The highest BCUT2D eigenvalue weighted by atomic mass is 16.5. The highest BCUT2D eigenvalue weighted by Gasteiger charge is 2.16. The number of carbonyl (C=O) groups is 1. The van der Waals surface area contributed by atoms with Crippen LogP contribution in [0.5, 0.6) is 0 Å². The van der Waals surface area contributed by atoms with Gasteiger partial charge in [0.05, 0.1) is 19.3 Å². The first-order chi connectivity index (χ1) is 10.8. The van der Waals surface area contributed by atoms with Crippen LogP contribution < -0.4 is 0 Å². The number of esters is 1. The fraction of sp³-hybridized carbons (Fsp3) is 0.111. The van der Waals surface area contributed by atoms with Gasteiger partial charge in [0.15, 0.2) is 0 Å². The van der Waals surface area contributed by atoms with Gasteiger partial charge < -0.3 is 4.74 Å². The highest BCUT2D eigenvalue weighted by molar-refractivity contribution is 5.89. The number of hydrogen-bond donors (Lipinski definition) is 0. The topological polar surface area (TPSA) is 44.1 Å². The number of hydrogen-bond acceptors (Lipinski definition) is 3. The van der Waals surface area contributed by atoms with Gasteiger partial charge in [-0.15, -0.1) is 0 Å². The molecule has 0 atom stereocenters. The van der Waals surface area contributed by atoms with Gasteiger partial charge >= 0.3 is 5.97 Å². The predicted molar refractivity (Wildman–Crippen MR) is 84.5 cm³/mol. The Bertz CT molecular complexity index is 764. The molecule has 0 amide bonds. The molecule has 0 N–H and O–H groups in total. The normalized spacial score (nSPS) is 10.4. The maximum absolute atomic E-state index is 12.0. The third-order valence-corrected chi connectivity index (χ3v) is 3.42. The molecule has 0 aliphatic heterocycles. The summed E-state index contributed by atoms with van der Waals surface area (Å²) in [7, 11) is 1.38. The third kappa shape index (κ3) is 2.91. The van der Waals surface area contributed by atoms with Crippen molar-refractivity contribution in [1.82, 2.24) is 9.78 Å². The van der Waals surface area contributed by atoms with Gasteiger partial charge in [-0.2, -0.15) is 5.10 Å². The maximum Gasteiger partial charge on any atom is 0.356 e. The molecular weight excluding hydrogens is 276 g/mol. The van der Waals surface area contributed by atoms with E-state index in [0.29, 0.717) is 12.2 Å². The summed E-state index contributed by atoms with van der Waals surface area (Å²) in [5.74, 6) is -0.384. The lowest BCUT2D eigenvalue weighted by atomic mass is 10.1. The molecule has 1 heterocycles. The van der Waals surface area contributed by atoms with Gasteiger partial charge in [-0.3, -0.25) is 4.68 Å². The monoisotopic (exact) mass is 292 g/mol. The highest BCUT2D eigenvalue weighted by Crippen LogP contribution is 2.20. The molecule has 0 fully saturated rings. The fourth-order valence-corrected chi connectivity index (χ4v) is 2.31. The maximum atomic E-state index is 12.0. The Morgan fingerprint density at radius 2 is 1.68 bits per heavy atom. The molecule has 4 nitrogen and oxygen atoms in total. The minimum Gasteiger partial charge on any atom is -0.464 e. The molecule has 3 aromatic rings. The molecule has 2 aromatic carbocycles. The van der Waals surface area contributed by atoms with Crippen LogP contribution in [0.15, 0.2) is 66.7 Å². The van der Waals surface area contributed by atoms with Crippen molar-refractivity contribution in [1.29, 1.82) is 0 Å². The standard InChI is InChI=1S/C18H16N2O2/c1-22-18(21)17-12-16(15-10-6-3-7-11-15)19-20(17)13-14-8-4-2-5-9-14/h2-12H,13H2,1H3. The van der Waals surface area contributed by atoms with E-state index >= 15 is 0 Å². The van der Waals surface area contributed by atoms with Gasteiger partial charge in [0.25, 0.3) is 0 Å². The van der Waals surface area contributed by atoms with Crippen LogP contribution in [0, 0.1) is 0 Å². The Labute approximate surface area is 129 Å². The van der Waals surface area contributed by atoms with E-state index in [4.69, 9.17) is 4.74 Å². The molecule has 0 aliphatic carbocycles. The quantitative estimate of drug-likeness (QED) is 0.692. The summed E-state index contributed by atoms with van der Waals surface area (Å²) in [6.45, 7) is 0.526. The van der Waals surface area contributed by atoms with E-state index in [9.17, 15) is 4.79 Å². The van der Waals surface area contributed by atoms with E-state index in [2.05, 4.69) is 5.10 Å². The molecular formula is C18H16N2O2. The number of rotatable bonds is 4. The second-order valence-corrected chi connectivity index (χ2v) is 4.92. The van der Waals surface area contributed by atoms with Gasteiger partial charge in [-0.25, -0.2) is 4.79 Å². The summed E-state index contributed by atoms with van der Waals surface area (Å²) in [5, 5.41) is 4.56. The molecule has 4 heteroatoms. The average Bonchev–Trinajstić information content (AvgIpc) is 3.00. The van der Waals surface area contributed by atoms with E-state index < -0.39 is 0 Å². The fourth-order valence-electron chi connectivity index (χ4n) is 2.31. The molecule has 1 aromatic heterocycles. The number of methoxy groups -OCH3 is 1. The van der Waals surface area contributed by atoms with Crippen molar-refractivity contribution < 1.29 is 9.53 Å². The van der Waals surface area contributed by atoms with Crippen LogP contribution in [0.3, 0.4) is 0 Å². The van der Waals surface area contributed by atoms with Crippen LogP contribution >= 0.6 is 0 Å². The Morgan fingerprint density at radius 3 is 2.32 bits per heavy atom. The van der Waals surface area contributed by atoms with Crippen LogP contribution in [0.25, 0.3) is 11.3 Å². The van der Waals surface area contributed by atoms with Gasteiger partial charge in [0.1, 0.15) is 5.69 Å².